The first-order valence-corrected chi connectivity index (χ1v) is 7.87. The Balaban J connectivity index is 2.39. The Morgan fingerprint density at radius 3 is 2.59 bits per heavy atom. The predicted octanol–water partition coefficient (Wildman–Crippen LogP) is 4.82. The number of carboxylic acid groups (broad SMARTS) is 1. The van der Waals surface area contributed by atoms with Crippen molar-refractivity contribution in [1.82, 2.24) is 0 Å². The molecule has 116 valence electrons. The van der Waals surface area contributed by atoms with Gasteiger partial charge in [0.2, 0.25) is 0 Å². The number of hydrogen-bond donors (Lipinski definition) is 1. The molecule has 0 aliphatic carbocycles. The summed E-state index contributed by atoms with van der Waals surface area (Å²) in [5.74, 6) is -0.0500. The minimum atomic E-state index is -0.938. The van der Waals surface area contributed by atoms with E-state index in [1.165, 1.54) is 0 Å². The van der Waals surface area contributed by atoms with Crippen molar-refractivity contribution in [3.63, 3.8) is 0 Å². The zero-order valence-electron chi connectivity index (χ0n) is 13.2. The molecule has 2 aromatic rings. The quantitative estimate of drug-likeness (QED) is 0.823. The van der Waals surface area contributed by atoms with Crippen molar-refractivity contribution < 1.29 is 14.6 Å². The molecular formula is C18H20O3S. The van der Waals surface area contributed by atoms with Crippen molar-refractivity contribution in [2.75, 3.05) is 7.11 Å². The third-order valence-electron chi connectivity index (χ3n) is 3.33. The summed E-state index contributed by atoms with van der Waals surface area (Å²) in [6.45, 7) is 6.47. The molecule has 3 nitrogen and oxygen atoms in total. The Labute approximate surface area is 134 Å². The van der Waals surface area contributed by atoms with Crippen molar-refractivity contribution in [2.45, 2.75) is 26.2 Å². The minimum Gasteiger partial charge on any atom is -0.496 e. The number of methoxy groups -OCH3 is 1. The molecule has 1 N–H and O–H groups in total. The summed E-state index contributed by atoms with van der Waals surface area (Å²) in [5.41, 5.74) is 3.16. The van der Waals surface area contributed by atoms with E-state index in [4.69, 9.17) is 9.84 Å². The van der Waals surface area contributed by atoms with Crippen LogP contribution in [0.5, 0.6) is 5.75 Å². The van der Waals surface area contributed by atoms with Crippen LogP contribution in [-0.2, 0) is 10.2 Å². The first-order chi connectivity index (χ1) is 10.3. The van der Waals surface area contributed by atoms with Crippen molar-refractivity contribution in [3.8, 4) is 16.2 Å². The Hall–Kier alpha value is -2.07. The fourth-order valence-electron chi connectivity index (χ4n) is 2.20. The number of carboxylic acids is 1. The van der Waals surface area contributed by atoms with E-state index in [0.29, 0.717) is 0 Å². The van der Waals surface area contributed by atoms with Crippen molar-refractivity contribution >= 4 is 23.4 Å². The maximum Gasteiger partial charge on any atom is 0.328 e. The molecule has 0 atom stereocenters. The summed E-state index contributed by atoms with van der Waals surface area (Å²) in [6.07, 6.45) is 2.76. The topological polar surface area (TPSA) is 46.5 Å². The monoisotopic (exact) mass is 316 g/mol. The molecule has 0 fully saturated rings. The van der Waals surface area contributed by atoms with Gasteiger partial charge in [-0.2, -0.15) is 0 Å². The van der Waals surface area contributed by atoms with Crippen LogP contribution in [-0.4, -0.2) is 18.2 Å². The molecule has 0 amide bonds. The van der Waals surface area contributed by atoms with E-state index in [1.807, 2.05) is 23.6 Å². The number of thiophene rings is 1. The van der Waals surface area contributed by atoms with E-state index < -0.39 is 5.97 Å². The summed E-state index contributed by atoms with van der Waals surface area (Å²) >= 11 is 1.60. The summed E-state index contributed by atoms with van der Waals surface area (Å²) in [4.78, 5) is 11.7. The Morgan fingerprint density at radius 2 is 2.00 bits per heavy atom. The first kappa shape index (κ1) is 16.3. The summed E-state index contributed by atoms with van der Waals surface area (Å²) in [5, 5.41) is 10.6. The summed E-state index contributed by atoms with van der Waals surface area (Å²) in [7, 11) is 1.68. The lowest BCUT2D eigenvalue weighted by atomic mass is 9.85. The fraction of sp³-hybridized carbons (Fsp3) is 0.278. The van der Waals surface area contributed by atoms with Crippen LogP contribution < -0.4 is 4.74 Å². The van der Waals surface area contributed by atoms with E-state index in [2.05, 4.69) is 26.8 Å². The van der Waals surface area contributed by atoms with Gasteiger partial charge in [-0.3, -0.25) is 0 Å². The van der Waals surface area contributed by atoms with Crippen molar-refractivity contribution in [2.24, 2.45) is 0 Å². The smallest absolute Gasteiger partial charge is 0.328 e. The van der Waals surface area contributed by atoms with Gasteiger partial charge in [-0.05, 0) is 52.3 Å². The van der Waals surface area contributed by atoms with Crippen LogP contribution >= 0.6 is 11.3 Å². The molecule has 0 aliphatic rings. The fourth-order valence-corrected chi connectivity index (χ4v) is 3.08. The zero-order valence-corrected chi connectivity index (χ0v) is 14.0. The SMILES string of the molecule is COc1ccc(-c2cc(/C=C/C(=O)O)cs2)cc1C(C)(C)C. The lowest BCUT2D eigenvalue weighted by molar-refractivity contribution is -0.131. The molecule has 2 rings (SSSR count). The van der Waals surface area contributed by atoms with Crippen LogP contribution in [0.2, 0.25) is 0 Å². The highest BCUT2D eigenvalue weighted by Crippen LogP contribution is 2.36. The van der Waals surface area contributed by atoms with E-state index in [-0.39, 0.29) is 5.41 Å². The van der Waals surface area contributed by atoms with Gasteiger partial charge in [0.15, 0.2) is 0 Å². The molecular weight excluding hydrogens is 296 g/mol. The van der Waals surface area contributed by atoms with Crippen LogP contribution in [0.3, 0.4) is 0 Å². The van der Waals surface area contributed by atoms with E-state index in [1.54, 1.807) is 24.5 Å². The molecule has 0 radical (unpaired) electrons. The lowest BCUT2D eigenvalue weighted by Gasteiger charge is -2.22. The third-order valence-corrected chi connectivity index (χ3v) is 4.33. The van der Waals surface area contributed by atoms with Gasteiger partial charge in [-0.25, -0.2) is 4.79 Å². The molecule has 0 unspecified atom stereocenters. The van der Waals surface area contributed by atoms with Gasteiger partial charge in [0.1, 0.15) is 5.75 Å². The lowest BCUT2D eigenvalue weighted by Crippen LogP contribution is -2.12. The van der Waals surface area contributed by atoms with Gasteiger partial charge >= 0.3 is 5.97 Å². The van der Waals surface area contributed by atoms with Crippen LogP contribution in [0.4, 0.5) is 0 Å². The zero-order chi connectivity index (χ0) is 16.3. The highest BCUT2D eigenvalue weighted by Gasteiger charge is 2.19. The molecule has 4 heteroatoms. The highest BCUT2D eigenvalue weighted by molar-refractivity contribution is 7.13. The van der Waals surface area contributed by atoms with Crippen LogP contribution in [0.1, 0.15) is 31.9 Å². The average Bonchev–Trinajstić information content (AvgIpc) is 2.92. The molecule has 22 heavy (non-hydrogen) atoms. The molecule has 0 saturated heterocycles. The van der Waals surface area contributed by atoms with Gasteiger partial charge in [0, 0.05) is 16.5 Å². The largest absolute Gasteiger partial charge is 0.496 e. The maximum absolute atomic E-state index is 10.6. The minimum absolute atomic E-state index is 0.00927. The Morgan fingerprint density at radius 1 is 1.27 bits per heavy atom. The molecule has 1 aromatic heterocycles. The molecule has 0 aliphatic heterocycles. The van der Waals surface area contributed by atoms with Crippen molar-refractivity contribution in [1.29, 1.82) is 0 Å². The van der Waals surface area contributed by atoms with Gasteiger partial charge in [0.05, 0.1) is 7.11 Å². The Kier molecular flexibility index (Phi) is 4.71. The molecule has 0 saturated carbocycles. The van der Waals surface area contributed by atoms with Crippen LogP contribution in [0, 0.1) is 0 Å². The second-order valence-electron chi connectivity index (χ2n) is 6.08. The number of rotatable bonds is 4. The second kappa shape index (κ2) is 6.36. The van der Waals surface area contributed by atoms with E-state index in [9.17, 15) is 4.79 Å². The highest BCUT2D eigenvalue weighted by atomic mass is 32.1. The molecule has 0 bridgehead atoms. The second-order valence-corrected chi connectivity index (χ2v) is 6.99. The van der Waals surface area contributed by atoms with Gasteiger partial charge in [-0.15, -0.1) is 11.3 Å². The third kappa shape index (κ3) is 3.77. The number of ether oxygens (including phenoxy) is 1. The predicted molar refractivity (Wildman–Crippen MR) is 91.7 cm³/mol. The van der Waals surface area contributed by atoms with Gasteiger partial charge in [0.25, 0.3) is 0 Å². The van der Waals surface area contributed by atoms with E-state index >= 15 is 0 Å². The van der Waals surface area contributed by atoms with Crippen LogP contribution in [0.25, 0.3) is 16.5 Å². The van der Waals surface area contributed by atoms with E-state index in [0.717, 1.165) is 33.4 Å². The molecule has 1 aromatic carbocycles. The van der Waals surface area contributed by atoms with Crippen LogP contribution in [0.15, 0.2) is 35.7 Å². The molecule has 0 spiro atoms. The Bertz CT molecular complexity index is 705. The van der Waals surface area contributed by atoms with Gasteiger partial charge < -0.3 is 9.84 Å². The standard InChI is InChI=1S/C18H20O3S/c1-18(2,3)14-10-13(6-7-15(14)21-4)16-9-12(11-22-16)5-8-17(19)20/h5-11H,1-4H3,(H,19,20)/b8-5+. The summed E-state index contributed by atoms with van der Waals surface area (Å²) in [6, 6.07) is 8.17. The number of benzene rings is 1. The maximum atomic E-state index is 10.6. The van der Waals surface area contributed by atoms with Crippen molar-refractivity contribution in [3.05, 3.63) is 46.8 Å². The number of carbonyl (C=O) groups is 1. The normalized spacial score (nSPS) is 11.8. The van der Waals surface area contributed by atoms with Gasteiger partial charge in [-0.1, -0.05) is 20.8 Å². The number of hydrogen-bond acceptors (Lipinski definition) is 3. The number of aliphatic carboxylic acids is 1. The summed E-state index contributed by atoms with van der Waals surface area (Å²) < 4.78 is 5.46. The molecule has 1 heterocycles. The average molecular weight is 316 g/mol. The first-order valence-electron chi connectivity index (χ1n) is 6.99.